The van der Waals surface area contributed by atoms with Crippen molar-refractivity contribution >= 4 is 0 Å². The minimum atomic E-state index is -0.318. The number of likely N-dealkylation sites (tertiary alicyclic amines) is 1. The van der Waals surface area contributed by atoms with Crippen molar-refractivity contribution in [2.45, 2.75) is 44.8 Å². The molecule has 2 aliphatic rings. The van der Waals surface area contributed by atoms with E-state index in [1.807, 2.05) is 6.07 Å². The van der Waals surface area contributed by atoms with Crippen LogP contribution in [-0.2, 0) is 10.3 Å². The molecule has 0 aliphatic carbocycles. The molecule has 3 heteroatoms. The van der Waals surface area contributed by atoms with Gasteiger partial charge in [-0.2, -0.15) is 0 Å². The average Bonchev–Trinajstić information content (AvgIpc) is 2.82. The van der Waals surface area contributed by atoms with Crippen molar-refractivity contribution in [1.82, 2.24) is 4.90 Å². The molecule has 0 amide bonds. The van der Waals surface area contributed by atoms with E-state index >= 15 is 0 Å². The molecule has 22 heavy (non-hydrogen) atoms. The molecule has 2 aliphatic heterocycles. The summed E-state index contributed by atoms with van der Waals surface area (Å²) < 4.78 is 19.2. The first-order chi connectivity index (χ1) is 10.6. The highest BCUT2D eigenvalue weighted by Gasteiger charge is 2.46. The van der Waals surface area contributed by atoms with Crippen molar-refractivity contribution in [1.29, 1.82) is 0 Å². The standard InChI is InChI=1S/C19H26FNO/c1-15(2)8-12-21-13-9-19(10-14-21)17-6-4-3-5-16(17)18(22-19)7-11-20/h3-6,8,18H,7,9-14H2,1-2H3. The molecule has 1 fully saturated rings. The smallest absolute Gasteiger partial charge is 0.0967 e. The van der Waals surface area contributed by atoms with Crippen LogP contribution in [0.3, 0.4) is 0 Å². The third-order valence-electron chi connectivity index (χ3n) is 4.96. The number of rotatable bonds is 4. The van der Waals surface area contributed by atoms with Gasteiger partial charge in [-0.3, -0.25) is 9.29 Å². The molecule has 1 atom stereocenters. The second-order valence-corrected chi connectivity index (χ2v) is 6.75. The topological polar surface area (TPSA) is 12.5 Å². The van der Waals surface area contributed by atoms with Gasteiger partial charge in [-0.05, 0) is 37.8 Å². The van der Waals surface area contributed by atoms with Crippen molar-refractivity contribution in [3.05, 3.63) is 47.0 Å². The molecule has 1 unspecified atom stereocenters. The lowest BCUT2D eigenvalue weighted by Gasteiger charge is -2.39. The van der Waals surface area contributed by atoms with Crippen LogP contribution in [0.4, 0.5) is 4.39 Å². The molecule has 1 saturated heterocycles. The number of ether oxygens (including phenoxy) is 1. The molecule has 1 aromatic rings. The Labute approximate surface area is 133 Å². The largest absolute Gasteiger partial charge is 0.362 e. The van der Waals surface area contributed by atoms with E-state index in [1.54, 1.807) is 0 Å². The van der Waals surface area contributed by atoms with Gasteiger partial charge < -0.3 is 4.74 Å². The lowest BCUT2D eigenvalue weighted by molar-refractivity contribution is -0.111. The molecule has 3 rings (SSSR count). The monoisotopic (exact) mass is 303 g/mol. The predicted molar refractivity (Wildman–Crippen MR) is 87.6 cm³/mol. The van der Waals surface area contributed by atoms with E-state index in [0.29, 0.717) is 6.42 Å². The summed E-state index contributed by atoms with van der Waals surface area (Å²) in [4.78, 5) is 2.48. The maximum atomic E-state index is 12.8. The normalized spacial score (nSPS) is 23.5. The van der Waals surface area contributed by atoms with Gasteiger partial charge >= 0.3 is 0 Å². The number of hydrogen-bond donors (Lipinski definition) is 0. The van der Waals surface area contributed by atoms with Crippen molar-refractivity contribution in [3.63, 3.8) is 0 Å². The van der Waals surface area contributed by atoms with Gasteiger partial charge in [0.1, 0.15) is 0 Å². The number of hydrogen-bond acceptors (Lipinski definition) is 2. The van der Waals surface area contributed by atoms with E-state index in [4.69, 9.17) is 4.74 Å². The van der Waals surface area contributed by atoms with Crippen molar-refractivity contribution in [2.24, 2.45) is 0 Å². The first-order valence-electron chi connectivity index (χ1n) is 8.33. The molecule has 1 aromatic carbocycles. The number of alkyl halides is 1. The van der Waals surface area contributed by atoms with Crippen LogP contribution in [0, 0.1) is 0 Å². The second-order valence-electron chi connectivity index (χ2n) is 6.75. The van der Waals surface area contributed by atoms with Crippen LogP contribution in [0.25, 0.3) is 0 Å². The Bertz CT molecular complexity index is 542. The summed E-state index contributed by atoms with van der Waals surface area (Å²) in [5.41, 5.74) is 3.69. The third kappa shape index (κ3) is 2.97. The number of benzene rings is 1. The van der Waals surface area contributed by atoms with Gasteiger partial charge in [0.2, 0.25) is 0 Å². The molecule has 0 N–H and O–H groups in total. The molecular formula is C19H26FNO. The van der Waals surface area contributed by atoms with Crippen LogP contribution < -0.4 is 0 Å². The number of fused-ring (bicyclic) bond motifs is 2. The van der Waals surface area contributed by atoms with Gasteiger partial charge in [-0.25, -0.2) is 0 Å². The van der Waals surface area contributed by atoms with Crippen molar-refractivity contribution in [2.75, 3.05) is 26.3 Å². The molecule has 2 nitrogen and oxygen atoms in total. The van der Waals surface area contributed by atoms with Gasteiger partial charge in [0, 0.05) is 26.1 Å². The Balaban J connectivity index is 1.74. The Kier molecular flexibility index (Phi) is 4.65. The van der Waals surface area contributed by atoms with E-state index in [0.717, 1.165) is 32.5 Å². The van der Waals surface area contributed by atoms with Gasteiger partial charge in [-0.1, -0.05) is 35.9 Å². The number of nitrogens with zero attached hydrogens (tertiary/aromatic N) is 1. The Morgan fingerprint density at radius 2 is 2.05 bits per heavy atom. The zero-order valence-corrected chi connectivity index (χ0v) is 13.6. The summed E-state index contributed by atoms with van der Waals surface area (Å²) in [7, 11) is 0. The highest BCUT2D eigenvalue weighted by atomic mass is 19.1. The number of halogens is 1. The zero-order chi connectivity index (χ0) is 15.6. The fourth-order valence-electron chi connectivity index (χ4n) is 3.70. The molecule has 0 saturated carbocycles. The van der Waals surface area contributed by atoms with Gasteiger partial charge in [0.25, 0.3) is 0 Å². The van der Waals surface area contributed by atoms with E-state index in [2.05, 4.69) is 43.0 Å². The highest BCUT2D eigenvalue weighted by Crippen LogP contribution is 2.50. The van der Waals surface area contributed by atoms with Crippen LogP contribution in [-0.4, -0.2) is 31.2 Å². The summed E-state index contributed by atoms with van der Waals surface area (Å²) in [6.45, 7) is 7.07. The third-order valence-corrected chi connectivity index (χ3v) is 4.96. The van der Waals surface area contributed by atoms with Crippen LogP contribution in [0.2, 0.25) is 0 Å². The SMILES string of the molecule is CC(C)=CCN1CCC2(CC1)OC(CCF)c1ccccc12. The Morgan fingerprint density at radius 3 is 2.73 bits per heavy atom. The second kappa shape index (κ2) is 6.51. The van der Waals surface area contributed by atoms with E-state index in [-0.39, 0.29) is 18.4 Å². The Hall–Kier alpha value is -1.19. The van der Waals surface area contributed by atoms with E-state index in [1.165, 1.54) is 16.7 Å². The molecule has 0 radical (unpaired) electrons. The van der Waals surface area contributed by atoms with E-state index < -0.39 is 0 Å². The molecule has 0 aromatic heterocycles. The summed E-state index contributed by atoms with van der Waals surface area (Å²) in [5, 5.41) is 0. The lowest BCUT2D eigenvalue weighted by atomic mass is 9.83. The van der Waals surface area contributed by atoms with Crippen LogP contribution in [0.15, 0.2) is 35.9 Å². The molecule has 0 bridgehead atoms. The Morgan fingerprint density at radius 1 is 1.32 bits per heavy atom. The van der Waals surface area contributed by atoms with E-state index in [9.17, 15) is 4.39 Å². The van der Waals surface area contributed by atoms with Gasteiger partial charge in [0.05, 0.1) is 18.4 Å². The minimum absolute atomic E-state index is 0.0643. The zero-order valence-electron chi connectivity index (χ0n) is 13.6. The summed E-state index contributed by atoms with van der Waals surface area (Å²) in [5.74, 6) is 0. The van der Waals surface area contributed by atoms with Crippen LogP contribution in [0.5, 0.6) is 0 Å². The first-order valence-corrected chi connectivity index (χ1v) is 8.33. The maximum Gasteiger partial charge on any atom is 0.0967 e. The predicted octanol–water partition coefficient (Wildman–Crippen LogP) is 4.37. The maximum absolute atomic E-state index is 12.8. The summed E-state index contributed by atoms with van der Waals surface area (Å²) in [6.07, 6.45) is 4.70. The quantitative estimate of drug-likeness (QED) is 0.766. The average molecular weight is 303 g/mol. The number of allylic oxidation sites excluding steroid dienone is 1. The summed E-state index contributed by atoms with van der Waals surface area (Å²) >= 11 is 0. The fraction of sp³-hybridized carbons (Fsp3) is 0.579. The highest BCUT2D eigenvalue weighted by molar-refractivity contribution is 5.38. The molecule has 1 spiro atoms. The van der Waals surface area contributed by atoms with Crippen molar-refractivity contribution in [3.8, 4) is 0 Å². The number of piperidine rings is 1. The van der Waals surface area contributed by atoms with Gasteiger partial charge in [0.15, 0.2) is 0 Å². The minimum Gasteiger partial charge on any atom is -0.362 e. The first kappa shape index (κ1) is 15.7. The lowest BCUT2D eigenvalue weighted by Crippen LogP contribution is -2.42. The van der Waals surface area contributed by atoms with Crippen molar-refractivity contribution < 1.29 is 9.13 Å². The summed E-state index contributed by atoms with van der Waals surface area (Å²) in [6, 6.07) is 8.41. The fourth-order valence-corrected chi connectivity index (χ4v) is 3.70. The van der Waals surface area contributed by atoms with Gasteiger partial charge in [-0.15, -0.1) is 0 Å². The van der Waals surface area contributed by atoms with Crippen LogP contribution in [0.1, 0.15) is 50.3 Å². The molecule has 2 heterocycles. The van der Waals surface area contributed by atoms with Crippen LogP contribution >= 0.6 is 0 Å². The molecule has 120 valence electrons. The molecular weight excluding hydrogens is 277 g/mol.